The number of aromatic nitrogens is 1. The Morgan fingerprint density at radius 2 is 2.00 bits per heavy atom. The standard InChI is InChI=1S/C9H4Cl2F5NO2/c10-1-3-2-17-5(8(12)13)4(7(11)18)6(3)19-9(14,15)16/h2,8H,1H2. The molecule has 0 aliphatic rings. The molecule has 3 nitrogen and oxygen atoms in total. The molecule has 0 N–H and O–H groups in total. The fourth-order valence-corrected chi connectivity index (χ4v) is 1.60. The van der Waals surface area contributed by atoms with Crippen LogP contribution in [0.5, 0.6) is 5.75 Å². The number of nitrogens with zero attached hydrogens (tertiary/aromatic N) is 1. The summed E-state index contributed by atoms with van der Waals surface area (Å²) in [4.78, 5) is 14.2. The van der Waals surface area contributed by atoms with E-state index in [-0.39, 0.29) is 5.56 Å². The monoisotopic (exact) mass is 323 g/mol. The largest absolute Gasteiger partial charge is 0.573 e. The number of alkyl halides is 6. The maximum absolute atomic E-state index is 12.6. The lowest BCUT2D eigenvalue weighted by atomic mass is 10.1. The van der Waals surface area contributed by atoms with E-state index in [4.69, 9.17) is 23.2 Å². The predicted octanol–water partition coefficient (Wildman–Crippen LogP) is 4.04. The Hall–Kier alpha value is -1.15. The molecular weight excluding hydrogens is 320 g/mol. The van der Waals surface area contributed by atoms with E-state index < -0.39 is 40.9 Å². The summed E-state index contributed by atoms with van der Waals surface area (Å²) >= 11 is 10.4. The van der Waals surface area contributed by atoms with E-state index in [1.165, 1.54) is 0 Å². The molecule has 0 aliphatic heterocycles. The summed E-state index contributed by atoms with van der Waals surface area (Å²) in [6.45, 7) is 0. The number of pyridine rings is 1. The van der Waals surface area contributed by atoms with E-state index in [2.05, 4.69) is 9.72 Å². The normalized spacial score (nSPS) is 11.8. The molecule has 19 heavy (non-hydrogen) atoms. The zero-order valence-corrected chi connectivity index (χ0v) is 10.3. The Balaban J connectivity index is 3.53. The van der Waals surface area contributed by atoms with Gasteiger partial charge in [-0.1, -0.05) is 0 Å². The van der Waals surface area contributed by atoms with Crippen molar-refractivity contribution < 1.29 is 31.5 Å². The van der Waals surface area contributed by atoms with Crippen molar-refractivity contribution >= 4 is 28.4 Å². The third-order valence-electron chi connectivity index (χ3n) is 1.90. The van der Waals surface area contributed by atoms with Crippen LogP contribution >= 0.6 is 23.2 Å². The van der Waals surface area contributed by atoms with E-state index in [9.17, 15) is 26.7 Å². The second-order valence-electron chi connectivity index (χ2n) is 3.13. The minimum atomic E-state index is -5.19. The van der Waals surface area contributed by atoms with Crippen LogP contribution in [0.25, 0.3) is 0 Å². The summed E-state index contributed by atoms with van der Waals surface area (Å²) in [5, 5.41) is -1.55. The minimum absolute atomic E-state index is 0.382. The fraction of sp³-hybridized carbons (Fsp3) is 0.333. The molecule has 0 atom stereocenters. The molecule has 0 saturated carbocycles. The lowest BCUT2D eigenvalue weighted by Crippen LogP contribution is -2.21. The molecule has 0 unspecified atom stereocenters. The van der Waals surface area contributed by atoms with Gasteiger partial charge in [0.25, 0.3) is 11.7 Å². The van der Waals surface area contributed by atoms with E-state index in [1.807, 2.05) is 0 Å². The molecule has 0 bridgehead atoms. The molecule has 1 aromatic rings. The lowest BCUT2D eigenvalue weighted by Gasteiger charge is -2.16. The number of halogens is 7. The molecule has 0 amide bonds. The number of hydrogen-bond donors (Lipinski definition) is 0. The Labute approximate surface area is 113 Å². The van der Waals surface area contributed by atoms with Crippen molar-refractivity contribution in [2.24, 2.45) is 0 Å². The van der Waals surface area contributed by atoms with Crippen LogP contribution in [0.3, 0.4) is 0 Å². The molecule has 0 saturated heterocycles. The zero-order chi connectivity index (χ0) is 14.8. The molecule has 1 heterocycles. The highest BCUT2D eigenvalue weighted by Crippen LogP contribution is 2.36. The third kappa shape index (κ3) is 3.90. The molecular formula is C9H4Cl2F5NO2. The quantitative estimate of drug-likeness (QED) is 0.477. The fourth-order valence-electron chi connectivity index (χ4n) is 1.23. The van der Waals surface area contributed by atoms with Crippen molar-refractivity contribution in [3.05, 3.63) is 23.0 Å². The second-order valence-corrected chi connectivity index (χ2v) is 3.74. The van der Waals surface area contributed by atoms with Crippen LogP contribution in [0, 0.1) is 0 Å². The first-order valence-corrected chi connectivity index (χ1v) is 5.40. The smallest absolute Gasteiger partial charge is 0.404 e. The second kappa shape index (κ2) is 5.87. The molecule has 10 heteroatoms. The van der Waals surface area contributed by atoms with Gasteiger partial charge in [-0.05, 0) is 11.6 Å². The molecule has 0 radical (unpaired) electrons. The number of ether oxygens (including phenoxy) is 1. The number of carbonyl (C=O) groups is 1. The molecule has 0 aliphatic carbocycles. The van der Waals surface area contributed by atoms with E-state index in [1.54, 1.807) is 0 Å². The van der Waals surface area contributed by atoms with E-state index in [0.29, 0.717) is 6.20 Å². The summed E-state index contributed by atoms with van der Waals surface area (Å²) in [6, 6.07) is 0. The predicted molar refractivity (Wildman–Crippen MR) is 55.6 cm³/mol. The summed E-state index contributed by atoms with van der Waals surface area (Å²) in [5.74, 6) is -1.69. The zero-order valence-electron chi connectivity index (χ0n) is 8.77. The SMILES string of the molecule is O=C(Cl)c1c(C(F)F)ncc(CCl)c1OC(F)(F)F. The summed E-state index contributed by atoms with van der Waals surface area (Å²) in [7, 11) is 0. The lowest BCUT2D eigenvalue weighted by molar-refractivity contribution is -0.275. The molecule has 106 valence electrons. The van der Waals surface area contributed by atoms with Gasteiger partial charge in [-0.25, -0.2) is 8.78 Å². The van der Waals surface area contributed by atoms with Gasteiger partial charge in [-0.2, -0.15) is 0 Å². The van der Waals surface area contributed by atoms with Crippen molar-refractivity contribution in [3.63, 3.8) is 0 Å². The van der Waals surface area contributed by atoms with Crippen molar-refractivity contribution in [1.82, 2.24) is 4.98 Å². The number of rotatable bonds is 4. The van der Waals surface area contributed by atoms with Gasteiger partial charge in [0.15, 0.2) is 0 Å². The average molecular weight is 324 g/mol. The molecule has 1 rings (SSSR count). The average Bonchev–Trinajstić information content (AvgIpc) is 2.25. The molecule has 0 fully saturated rings. The van der Waals surface area contributed by atoms with Gasteiger partial charge < -0.3 is 4.74 Å². The number of carbonyl (C=O) groups excluding carboxylic acids is 1. The van der Waals surface area contributed by atoms with Crippen LogP contribution in [0.2, 0.25) is 0 Å². The van der Waals surface area contributed by atoms with Gasteiger partial charge in [-0.3, -0.25) is 9.78 Å². The molecule has 0 spiro atoms. The first-order chi connectivity index (χ1) is 8.67. The Kier molecular flexibility index (Phi) is 4.92. The van der Waals surface area contributed by atoms with E-state index in [0.717, 1.165) is 0 Å². The van der Waals surface area contributed by atoms with Crippen molar-refractivity contribution in [1.29, 1.82) is 0 Å². The minimum Gasteiger partial charge on any atom is -0.404 e. The van der Waals surface area contributed by atoms with Crippen molar-refractivity contribution in [2.45, 2.75) is 18.7 Å². The van der Waals surface area contributed by atoms with Crippen molar-refractivity contribution in [3.8, 4) is 5.75 Å². The summed E-state index contributed by atoms with van der Waals surface area (Å²) in [6.07, 6.45) is -7.82. The van der Waals surface area contributed by atoms with Crippen LogP contribution in [-0.2, 0) is 5.88 Å². The van der Waals surface area contributed by atoms with Crippen LogP contribution < -0.4 is 4.74 Å². The van der Waals surface area contributed by atoms with Crippen molar-refractivity contribution in [2.75, 3.05) is 0 Å². The Morgan fingerprint density at radius 1 is 1.42 bits per heavy atom. The number of hydrogen-bond acceptors (Lipinski definition) is 3. The van der Waals surface area contributed by atoms with Gasteiger partial charge >= 0.3 is 6.36 Å². The van der Waals surface area contributed by atoms with Gasteiger partial charge in [0, 0.05) is 11.8 Å². The first kappa shape index (κ1) is 15.9. The van der Waals surface area contributed by atoms with Gasteiger partial charge in [0.2, 0.25) is 0 Å². The molecule has 1 aromatic heterocycles. The highest BCUT2D eigenvalue weighted by molar-refractivity contribution is 6.68. The third-order valence-corrected chi connectivity index (χ3v) is 2.38. The van der Waals surface area contributed by atoms with Crippen LogP contribution in [-0.4, -0.2) is 16.6 Å². The summed E-state index contributed by atoms with van der Waals surface area (Å²) < 4.78 is 65.3. The maximum atomic E-state index is 12.6. The van der Waals surface area contributed by atoms with Crippen LogP contribution in [0.4, 0.5) is 22.0 Å². The van der Waals surface area contributed by atoms with Crippen LogP contribution in [0.15, 0.2) is 6.20 Å². The topological polar surface area (TPSA) is 39.2 Å². The summed E-state index contributed by atoms with van der Waals surface area (Å²) in [5.41, 5.74) is -2.73. The van der Waals surface area contributed by atoms with E-state index >= 15 is 0 Å². The first-order valence-electron chi connectivity index (χ1n) is 4.48. The molecule has 0 aromatic carbocycles. The van der Waals surface area contributed by atoms with Gasteiger partial charge in [0.1, 0.15) is 17.0 Å². The van der Waals surface area contributed by atoms with Crippen LogP contribution in [0.1, 0.15) is 28.0 Å². The highest BCUT2D eigenvalue weighted by atomic mass is 35.5. The highest BCUT2D eigenvalue weighted by Gasteiger charge is 2.36. The maximum Gasteiger partial charge on any atom is 0.573 e. The Bertz CT molecular complexity index is 492. The van der Waals surface area contributed by atoms with Gasteiger partial charge in [-0.15, -0.1) is 24.8 Å². The Morgan fingerprint density at radius 3 is 2.37 bits per heavy atom. The van der Waals surface area contributed by atoms with Gasteiger partial charge in [0.05, 0.1) is 5.88 Å².